The average molecular weight is 459 g/mol. The van der Waals surface area contributed by atoms with Crippen molar-refractivity contribution >= 4 is 23.3 Å². The number of H-pyrrole nitrogens is 1. The second kappa shape index (κ2) is 9.35. The number of nitrogens with zero attached hydrogens (tertiary/aromatic N) is 4. The fourth-order valence-electron chi connectivity index (χ4n) is 3.14. The molecular weight excluding hydrogens is 443 g/mol. The van der Waals surface area contributed by atoms with E-state index in [9.17, 15) is 27.6 Å². The van der Waals surface area contributed by atoms with Gasteiger partial charge in [0.25, 0.3) is 24.0 Å². The van der Waals surface area contributed by atoms with Gasteiger partial charge < -0.3 is 15.2 Å². The number of halogens is 3. The van der Waals surface area contributed by atoms with Crippen LogP contribution < -0.4 is 10.6 Å². The van der Waals surface area contributed by atoms with Crippen molar-refractivity contribution < 1.29 is 27.6 Å². The summed E-state index contributed by atoms with van der Waals surface area (Å²) in [7, 11) is 1.44. The molecular formula is C20H16F3N7O3. The van der Waals surface area contributed by atoms with Crippen LogP contribution in [0.1, 0.15) is 43.7 Å². The van der Waals surface area contributed by atoms with Gasteiger partial charge in [-0.2, -0.15) is 20.7 Å². The van der Waals surface area contributed by atoms with Crippen LogP contribution in [0.4, 0.5) is 18.9 Å². The minimum absolute atomic E-state index is 0.00380. The Labute approximate surface area is 184 Å². The first kappa shape index (κ1) is 23.2. The molecule has 0 aliphatic rings. The van der Waals surface area contributed by atoms with E-state index in [0.29, 0.717) is 0 Å². The number of ketones is 1. The van der Waals surface area contributed by atoms with Crippen LogP contribution in [-0.2, 0) is 11.8 Å². The van der Waals surface area contributed by atoms with Crippen molar-refractivity contribution in [2.75, 3.05) is 5.32 Å². The molecule has 3 aromatic rings. The Balaban J connectivity index is 1.82. The maximum atomic E-state index is 13.5. The fraction of sp³-hybridized carbons (Fsp3) is 0.200. The van der Waals surface area contributed by atoms with E-state index in [-0.39, 0.29) is 33.8 Å². The zero-order valence-corrected chi connectivity index (χ0v) is 17.2. The van der Waals surface area contributed by atoms with E-state index in [1.54, 1.807) is 6.07 Å². The number of nitriles is 1. The third-order valence-electron chi connectivity index (χ3n) is 4.74. The second-order valence-electron chi connectivity index (χ2n) is 6.90. The van der Waals surface area contributed by atoms with Gasteiger partial charge in [0.2, 0.25) is 0 Å². The molecule has 1 atom stereocenters. The van der Waals surface area contributed by atoms with Gasteiger partial charge in [0.05, 0.1) is 11.8 Å². The van der Waals surface area contributed by atoms with Gasteiger partial charge in [-0.1, -0.05) is 0 Å². The third kappa shape index (κ3) is 4.74. The number of amides is 2. The molecule has 13 heteroatoms. The number of nitrogens with one attached hydrogen (secondary N) is 3. The number of hydrogen-bond donors (Lipinski definition) is 3. The number of aromatic amines is 1. The van der Waals surface area contributed by atoms with Crippen LogP contribution in [0.5, 0.6) is 0 Å². The lowest BCUT2D eigenvalue weighted by Crippen LogP contribution is -2.38. The molecule has 0 aliphatic carbocycles. The van der Waals surface area contributed by atoms with Crippen LogP contribution in [0.3, 0.4) is 0 Å². The van der Waals surface area contributed by atoms with Crippen LogP contribution in [-0.4, -0.2) is 44.0 Å². The van der Waals surface area contributed by atoms with Crippen molar-refractivity contribution in [2.45, 2.75) is 19.4 Å². The Hall–Kier alpha value is -4.47. The molecule has 33 heavy (non-hydrogen) atoms. The molecule has 1 aromatic carbocycles. The molecule has 0 unspecified atom stereocenters. The number of Topliss-reactive ketones (excluding diaryl/α,β-unsaturated/α-hetero) is 1. The van der Waals surface area contributed by atoms with E-state index in [4.69, 9.17) is 5.26 Å². The minimum atomic E-state index is -3.06. The highest BCUT2D eigenvalue weighted by Crippen LogP contribution is 2.22. The first-order valence-corrected chi connectivity index (χ1v) is 9.30. The molecule has 0 radical (unpaired) electrons. The molecule has 2 aromatic heterocycles. The summed E-state index contributed by atoms with van der Waals surface area (Å²) in [5.74, 6) is -3.90. The molecule has 3 rings (SSSR count). The van der Waals surface area contributed by atoms with Gasteiger partial charge in [-0.05, 0) is 30.7 Å². The maximum Gasteiger partial charge on any atom is 0.293 e. The monoisotopic (exact) mass is 459 g/mol. The highest BCUT2D eigenvalue weighted by molar-refractivity contribution is 6.43. The quantitative estimate of drug-likeness (QED) is 0.364. The summed E-state index contributed by atoms with van der Waals surface area (Å²) < 4.78 is 41.4. The number of hydrogen-bond acceptors (Lipinski definition) is 6. The number of aryl methyl sites for hydroxylation is 1. The van der Waals surface area contributed by atoms with Crippen LogP contribution >= 0.6 is 0 Å². The van der Waals surface area contributed by atoms with E-state index in [1.165, 1.54) is 30.8 Å². The van der Waals surface area contributed by atoms with Crippen molar-refractivity contribution in [1.82, 2.24) is 25.3 Å². The van der Waals surface area contributed by atoms with Crippen molar-refractivity contribution in [3.8, 4) is 6.07 Å². The van der Waals surface area contributed by atoms with Gasteiger partial charge in [0.1, 0.15) is 29.3 Å². The van der Waals surface area contributed by atoms with Gasteiger partial charge >= 0.3 is 0 Å². The number of benzene rings is 1. The Bertz CT molecular complexity index is 1260. The number of aromatic nitrogens is 4. The molecule has 0 fully saturated rings. The van der Waals surface area contributed by atoms with Gasteiger partial charge in [-0.25, -0.2) is 13.2 Å². The molecule has 10 nitrogen and oxygen atoms in total. The smallest absolute Gasteiger partial charge is 0.293 e. The van der Waals surface area contributed by atoms with Crippen molar-refractivity contribution in [1.29, 1.82) is 5.26 Å². The van der Waals surface area contributed by atoms with Gasteiger partial charge in [-0.15, -0.1) is 0 Å². The number of rotatable bonds is 7. The lowest BCUT2D eigenvalue weighted by molar-refractivity contribution is -0.119. The van der Waals surface area contributed by atoms with Crippen molar-refractivity contribution in [2.24, 2.45) is 7.05 Å². The lowest BCUT2D eigenvalue weighted by Gasteiger charge is -2.14. The number of carbonyl (C=O) groups excluding carboxylic acids is 3. The van der Waals surface area contributed by atoms with Crippen LogP contribution in [0.25, 0.3) is 0 Å². The SMILES string of the molecule is Cc1c(C(=O)C(=O)N[C@H](c2cn[nH]n2)C(F)F)cn(C)c1C(=O)Nc1ccc(F)c(C#N)c1. The zero-order valence-electron chi connectivity index (χ0n) is 17.2. The summed E-state index contributed by atoms with van der Waals surface area (Å²) in [6, 6.07) is 3.19. The number of anilines is 1. The molecule has 2 amide bonds. The van der Waals surface area contributed by atoms with E-state index >= 15 is 0 Å². The normalized spacial score (nSPS) is 11.7. The Morgan fingerprint density at radius 1 is 1.27 bits per heavy atom. The first-order chi connectivity index (χ1) is 15.6. The molecule has 170 valence electrons. The lowest BCUT2D eigenvalue weighted by atomic mass is 10.1. The van der Waals surface area contributed by atoms with Crippen LogP contribution in [0, 0.1) is 24.1 Å². The summed E-state index contributed by atoms with van der Waals surface area (Å²) >= 11 is 0. The topological polar surface area (TPSA) is 146 Å². The van der Waals surface area contributed by atoms with Gasteiger partial charge in [-0.3, -0.25) is 14.4 Å². The molecule has 2 heterocycles. The van der Waals surface area contributed by atoms with Crippen LogP contribution in [0.2, 0.25) is 0 Å². The fourth-order valence-corrected chi connectivity index (χ4v) is 3.14. The highest BCUT2D eigenvalue weighted by atomic mass is 19.3. The summed E-state index contributed by atoms with van der Waals surface area (Å²) in [6.45, 7) is 1.41. The predicted molar refractivity (Wildman–Crippen MR) is 107 cm³/mol. The predicted octanol–water partition coefficient (Wildman–Crippen LogP) is 2.02. The van der Waals surface area contributed by atoms with E-state index in [2.05, 4.69) is 20.7 Å². The standard InChI is InChI=1S/C20H16F3N7O3/c1-9-12(17(31)20(33)27-15(18(22)23)14-7-25-29-28-14)8-30(2)16(9)19(32)26-11-3-4-13(21)10(5-11)6-24/h3-5,7-8,15,18H,1-2H3,(H,26,32)(H,27,33)(H,25,28,29)/t15-/m1/s1. The summed E-state index contributed by atoms with van der Waals surface area (Å²) in [6.07, 6.45) is -0.852. The molecule has 0 spiro atoms. The summed E-state index contributed by atoms with van der Waals surface area (Å²) in [4.78, 5) is 37.7. The van der Waals surface area contributed by atoms with E-state index in [1.807, 2.05) is 5.32 Å². The van der Waals surface area contributed by atoms with Gasteiger partial charge in [0.15, 0.2) is 0 Å². The minimum Gasteiger partial charge on any atom is -0.346 e. The zero-order chi connectivity index (χ0) is 24.3. The Kier molecular flexibility index (Phi) is 6.57. The summed E-state index contributed by atoms with van der Waals surface area (Å²) in [5.41, 5.74) is -0.456. The summed E-state index contributed by atoms with van der Waals surface area (Å²) in [5, 5.41) is 22.4. The Morgan fingerprint density at radius 2 is 2.00 bits per heavy atom. The molecule has 0 aliphatic heterocycles. The van der Waals surface area contributed by atoms with E-state index in [0.717, 1.165) is 18.3 Å². The highest BCUT2D eigenvalue weighted by Gasteiger charge is 2.31. The average Bonchev–Trinajstić information content (AvgIpc) is 3.40. The Morgan fingerprint density at radius 3 is 2.61 bits per heavy atom. The van der Waals surface area contributed by atoms with Crippen molar-refractivity contribution in [3.63, 3.8) is 0 Å². The molecule has 0 bridgehead atoms. The molecule has 0 saturated heterocycles. The molecule has 3 N–H and O–H groups in total. The first-order valence-electron chi connectivity index (χ1n) is 9.30. The van der Waals surface area contributed by atoms with Gasteiger partial charge in [0, 0.05) is 24.5 Å². The van der Waals surface area contributed by atoms with E-state index < -0.39 is 35.9 Å². The number of alkyl halides is 2. The molecule has 0 saturated carbocycles. The largest absolute Gasteiger partial charge is 0.346 e. The van der Waals surface area contributed by atoms with Crippen molar-refractivity contribution in [3.05, 3.63) is 64.5 Å². The van der Waals surface area contributed by atoms with Crippen LogP contribution in [0.15, 0.2) is 30.6 Å². The third-order valence-corrected chi connectivity index (χ3v) is 4.74. The number of carbonyl (C=O) groups is 3. The maximum absolute atomic E-state index is 13.5. The second-order valence-corrected chi connectivity index (χ2v) is 6.90.